The van der Waals surface area contributed by atoms with E-state index in [1.807, 2.05) is 12.3 Å². The Bertz CT molecular complexity index is 600. The Morgan fingerprint density at radius 1 is 1.25 bits per heavy atom. The van der Waals surface area contributed by atoms with Crippen LogP contribution >= 0.6 is 0 Å². The molecule has 0 bridgehead atoms. The first-order chi connectivity index (χ1) is 9.58. The number of aromatic nitrogens is 3. The van der Waals surface area contributed by atoms with Crippen molar-refractivity contribution in [3.05, 3.63) is 24.2 Å². The van der Waals surface area contributed by atoms with Gasteiger partial charge in [0.1, 0.15) is 11.3 Å². The molecule has 2 aromatic heterocycles. The predicted molar refractivity (Wildman–Crippen MR) is 82.0 cm³/mol. The highest BCUT2D eigenvalue weighted by Gasteiger charge is 2.29. The van der Waals surface area contributed by atoms with Crippen LogP contribution in [0.25, 0.3) is 11.2 Å². The number of rotatable bonds is 3. The van der Waals surface area contributed by atoms with Crippen LogP contribution in [0.2, 0.25) is 0 Å². The number of hydrogen-bond donors (Lipinski definition) is 0. The minimum absolute atomic E-state index is 0.428. The monoisotopic (exact) mass is 272 g/mol. The minimum atomic E-state index is 0.428. The third-order valence-corrected chi connectivity index (χ3v) is 4.28. The number of pyridine rings is 1. The van der Waals surface area contributed by atoms with Gasteiger partial charge in [-0.15, -0.1) is 0 Å². The van der Waals surface area contributed by atoms with Crippen LogP contribution in [-0.4, -0.2) is 38.6 Å². The predicted octanol–water partition coefficient (Wildman–Crippen LogP) is 3.21. The van der Waals surface area contributed by atoms with Crippen LogP contribution < -0.4 is 0 Å². The molecule has 20 heavy (non-hydrogen) atoms. The lowest BCUT2D eigenvalue weighted by Crippen LogP contribution is -2.29. The average molecular weight is 272 g/mol. The molecule has 0 spiro atoms. The molecule has 0 amide bonds. The number of imidazole rings is 1. The third kappa shape index (κ3) is 2.22. The van der Waals surface area contributed by atoms with E-state index in [-0.39, 0.29) is 0 Å². The Morgan fingerprint density at radius 3 is 2.70 bits per heavy atom. The molecule has 0 aromatic carbocycles. The zero-order valence-electron chi connectivity index (χ0n) is 12.9. The van der Waals surface area contributed by atoms with Crippen molar-refractivity contribution in [1.29, 1.82) is 0 Å². The van der Waals surface area contributed by atoms with Gasteiger partial charge in [-0.1, -0.05) is 13.8 Å². The van der Waals surface area contributed by atoms with Crippen LogP contribution in [-0.2, 0) is 0 Å². The Hall–Kier alpha value is -1.42. The lowest BCUT2D eigenvalue weighted by Gasteiger charge is -2.22. The summed E-state index contributed by atoms with van der Waals surface area (Å²) in [6.07, 6.45) is 3.07. The van der Waals surface area contributed by atoms with Crippen molar-refractivity contribution in [1.82, 2.24) is 19.4 Å². The molecular weight excluding hydrogens is 248 g/mol. The van der Waals surface area contributed by atoms with Gasteiger partial charge in [0.25, 0.3) is 0 Å². The van der Waals surface area contributed by atoms with Crippen LogP contribution in [0, 0.1) is 0 Å². The Morgan fingerprint density at radius 2 is 2.05 bits per heavy atom. The fourth-order valence-electron chi connectivity index (χ4n) is 3.16. The molecule has 1 fully saturated rings. The summed E-state index contributed by atoms with van der Waals surface area (Å²) in [4.78, 5) is 11.9. The SMILES string of the molecule is CC(C)c1nc2cccnc2n1C1CCN(C(C)C)C1. The van der Waals surface area contributed by atoms with Gasteiger partial charge in [0.2, 0.25) is 0 Å². The second-order valence-electron chi connectivity index (χ2n) is 6.37. The minimum Gasteiger partial charge on any atom is -0.308 e. The van der Waals surface area contributed by atoms with E-state index in [4.69, 9.17) is 4.98 Å². The second-order valence-corrected chi connectivity index (χ2v) is 6.37. The maximum Gasteiger partial charge on any atom is 0.160 e. The summed E-state index contributed by atoms with van der Waals surface area (Å²) < 4.78 is 2.39. The highest BCUT2D eigenvalue weighted by atomic mass is 15.2. The van der Waals surface area contributed by atoms with Crippen LogP contribution in [0.15, 0.2) is 18.3 Å². The summed E-state index contributed by atoms with van der Waals surface area (Å²) in [5, 5.41) is 0. The molecule has 1 unspecified atom stereocenters. The van der Waals surface area contributed by atoms with Crippen molar-refractivity contribution < 1.29 is 0 Å². The normalized spacial score (nSPS) is 20.6. The van der Waals surface area contributed by atoms with Gasteiger partial charge in [0, 0.05) is 31.2 Å². The van der Waals surface area contributed by atoms with E-state index in [1.54, 1.807) is 0 Å². The molecule has 0 radical (unpaired) electrons. The molecule has 4 heteroatoms. The van der Waals surface area contributed by atoms with Crippen molar-refractivity contribution in [2.45, 2.75) is 52.1 Å². The Labute approximate surface area is 120 Å². The van der Waals surface area contributed by atoms with Crippen molar-refractivity contribution >= 4 is 11.2 Å². The van der Waals surface area contributed by atoms with Crippen molar-refractivity contribution in [2.24, 2.45) is 0 Å². The number of fused-ring (bicyclic) bond motifs is 1. The molecule has 0 N–H and O–H groups in total. The molecule has 2 aromatic rings. The van der Waals surface area contributed by atoms with Crippen LogP contribution in [0.5, 0.6) is 0 Å². The van der Waals surface area contributed by atoms with E-state index >= 15 is 0 Å². The lowest BCUT2D eigenvalue weighted by molar-refractivity contribution is 0.265. The molecule has 0 saturated carbocycles. The number of hydrogen-bond acceptors (Lipinski definition) is 3. The first-order valence-corrected chi connectivity index (χ1v) is 7.65. The van der Waals surface area contributed by atoms with Crippen LogP contribution in [0.1, 0.15) is 51.9 Å². The smallest absolute Gasteiger partial charge is 0.160 e. The largest absolute Gasteiger partial charge is 0.308 e. The van der Waals surface area contributed by atoms with Crippen LogP contribution in [0.4, 0.5) is 0 Å². The van der Waals surface area contributed by atoms with Gasteiger partial charge in [-0.2, -0.15) is 0 Å². The number of likely N-dealkylation sites (tertiary alicyclic amines) is 1. The molecule has 1 saturated heterocycles. The van der Waals surface area contributed by atoms with E-state index in [9.17, 15) is 0 Å². The van der Waals surface area contributed by atoms with Crippen molar-refractivity contribution in [2.75, 3.05) is 13.1 Å². The molecule has 1 aliphatic heterocycles. The maximum atomic E-state index is 4.81. The second kappa shape index (κ2) is 5.17. The summed E-state index contributed by atoms with van der Waals surface area (Å²) in [6.45, 7) is 11.3. The topological polar surface area (TPSA) is 34.0 Å². The molecule has 3 rings (SSSR count). The van der Waals surface area contributed by atoms with E-state index in [1.165, 1.54) is 18.8 Å². The van der Waals surface area contributed by atoms with Gasteiger partial charge in [0.15, 0.2) is 5.65 Å². The van der Waals surface area contributed by atoms with E-state index in [0.717, 1.165) is 17.7 Å². The first-order valence-electron chi connectivity index (χ1n) is 7.65. The van der Waals surface area contributed by atoms with E-state index in [0.29, 0.717) is 18.0 Å². The number of nitrogens with zero attached hydrogens (tertiary/aromatic N) is 4. The standard InChI is InChI=1S/C16H24N4/c1-11(2)15-18-14-6-5-8-17-16(14)20(15)13-7-9-19(10-13)12(3)4/h5-6,8,11-13H,7,9-10H2,1-4H3. The molecule has 108 valence electrons. The van der Waals surface area contributed by atoms with Gasteiger partial charge in [-0.25, -0.2) is 9.97 Å². The Kier molecular flexibility index (Phi) is 3.50. The van der Waals surface area contributed by atoms with E-state index in [2.05, 4.69) is 48.2 Å². The fraction of sp³-hybridized carbons (Fsp3) is 0.625. The summed E-state index contributed by atoms with van der Waals surface area (Å²) in [7, 11) is 0. The van der Waals surface area contributed by atoms with Gasteiger partial charge in [-0.3, -0.25) is 4.90 Å². The molecule has 3 heterocycles. The van der Waals surface area contributed by atoms with Crippen molar-refractivity contribution in [3.63, 3.8) is 0 Å². The average Bonchev–Trinajstić information content (AvgIpc) is 3.02. The zero-order valence-corrected chi connectivity index (χ0v) is 12.9. The summed E-state index contributed by atoms with van der Waals surface area (Å²) in [5.41, 5.74) is 2.08. The highest BCUT2D eigenvalue weighted by Crippen LogP contribution is 2.30. The summed E-state index contributed by atoms with van der Waals surface area (Å²) in [6, 6.07) is 5.17. The van der Waals surface area contributed by atoms with Gasteiger partial charge in [0.05, 0.1) is 6.04 Å². The zero-order chi connectivity index (χ0) is 14.3. The van der Waals surface area contributed by atoms with Gasteiger partial charge < -0.3 is 4.57 Å². The molecular formula is C16H24N4. The maximum absolute atomic E-state index is 4.81. The van der Waals surface area contributed by atoms with E-state index < -0.39 is 0 Å². The fourth-order valence-corrected chi connectivity index (χ4v) is 3.16. The molecule has 1 aliphatic rings. The first kappa shape index (κ1) is 13.6. The van der Waals surface area contributed by atoms with Gasteiger partial charge >= 0.3 is 0 Å². The quantitative estimate of drug-likeness (QED) is 0.860. The van der Waals surface area contributed by atoms with Crippen LogP contribution in [0.3, 0.4) is 0 Å². The molecule has 0 aliphatic carbocycles. The van der Waals surface area contributed by atoms with Gasteiger partial charge in [-0.05, 0) is 32.4 Å². The summed E-state index contributed by atoms with van der Waals surface area (Å²) in [5.74, 6) is 1.60. The van der Waals surface area contributed by atoms with Crippen molar-refractivity contribution in [3.8, 4) is 0 Å². The molecule has 4 nitrogen and oxygen atoms in total. The Balaban J connectivity index is 2.04. The third-order valence-electron chi connectivity index (χ3n) is 4.28. The lowest BCUT2D eigenvalue weighted by atomic mass is 10.2. The summed E-state index contributed by atoms with van der Waals surface area (Å²) >= 11 is 0. The highest BCUT2D eigenvalue weighted by molar-refractivity contribution is 5.71. The molecule has 1 atom stereocenters.